The van der Waals surface area contributed by atoms with Crippen molar-refractivity contribution in [1.82, 2.24) is 4.83 Å². The molecule has 0 heterocycles. The van der Waals surface area contributed by atoms with E-state index in [0.717, 1.165) is 38.5 Å². The van der Waals surface area contributed by atoms with E-state index in [1.807, 2.05) is 12.1 Å². The second-order valence-corrected chi connectivity index (χ2v) is 15.3. The van der Waals surface area contributed by atoms with Gasteiger partial charge in [-0.15, -0.1) is 4.83 Å². The third-order valence-electron chi connectivity index (χ3n) is 8.85. The molecule has 0 aliphatic rings. The van der Waals surface area contributed by atoms with E-state index in [4.69, 9.17) is 17.8 Å². The number of hydrogen-bond acceptors (Lipinski definition) is 11. The molecule has 12 nitrogen and oxygen atoms in total. The molecule has 2 aromatic rings. The zero-order valence-electron chi connectivity index (χ0n) is 32.9. The molecule has 2 rings (SSSR count). The van der Waals surface area contributed by atoms with E-state index in [-0.39, 0.29) is 52.7 Å². The molecule has 2 atom stereocenters. The minimum atomic E-state index is -2.32. The lowest BCUT2D eigenvalue weighted by atomic mass is 10.1. The van der Waals surface area contributed by atoms with Gasteiger partial charge < -0.3 is 23.3 Å². The Morgan fingerprint density at radius 1 is 0.600 bits per heavy atom. The molecule has 0 saturated carbocycles. The van der Waals surface area contributed by atoms with Crippen LogP contribution in [-0.4, -0.2) is 39.8 Å². The van der Waals surface area contributed by atoms with Crippen molar-refractivity contribution in [1.29, 1.82) is 10.5 Å². The number of hydrogen-bond donors (Lipinski definition) is 2. The van der Waals surface area contributed by atoms with E-state index in [1.165, 1.54) is 114 Å². The Morgan fingerprint density at radius 3 is 1.44 bits per heavy atom. The number of hydrazine groups is 1. The first-order valence-electron chi connectivity index (χ1n) is 19.8. The van der Waals surface area contributed by atoms with Gasteiger partial charge in [0, 0.05) is 12.3 Å². The Hall–Kier alpha value is -3.98. The summed E-state index contributed by atoms with van der Waals surface area (Å²) in [6.45, 7) is 4.87. The number of anilines is 1. The van der Waals surface area contributed by atoms with Gasteiger partial charge in [-0.2, -0.15) is 14.7 Å². The predicted octanol–water partition coefficient (Wildman–Crippen LogP) is 9.83. The van der Waals surface area contributed by atoms with Gasteiger partial charge >= 0.3 is 23.2 Å². The van der Waals surface area contributed by atoms with E-state index in [2.05, 4.69) is 24.1 Å². The number of rotatable bonds is 31. The van der Waals surface area contributed by atoms with Crippen molar-refractivity contribution in [2.24, 2.45) is 0 Å². The minimum Gasteiger partial charge on any atom is -0.462 e. The van der Waals surface area contributed by atoms with E-state index in [0.29, 0.717) is 12.8 Å². The molecule has 55 heavy (non-hydrogen) atoms. The van der Waals surface area contributed by atoms with Crippen LogP contribution in [0, 0.1) is 22.7 Å². The summed E-state index contributed by atoms with van der Waals surface area (Å²) >= 11 is -4.10. The number of nitrogens with one attached hydrogen (secondary N) is 2. The van der Waals surface area contributed by atoms with Crippen LogP contribution in [0.25, 0.3) is 0 Å². The van der Waals surface area contributed by atoms with Crippen molar-refractivity contribution in [3.8, 4) is 23.6 Å². The van der Waals surface area contributed by atoms with Crippen LogP contribution in [0.5, 0.6) is 11.5 Å². The van der Waals surface area contributed by atoms with E-state index in [9.17, 15) is 28.5 Å². The molecular formula is C41H60N4O8S2. The lowest BCUT2D eigenvalue weighted by molar-refractivity contribution is 0.0495. The summed E-state index contributed by atoms with van der Waals surface area (Å²) in [4.78, 5) is 28.6. The Labute approximate surface area is 333 Å². The molecule has 304 valence electrons. The van der Waals surface area contributed by atoms with Gasteiger partial charge in [0.25, 0.3) is 0 Å². The van der Waals surface area contributed by atoms with Crippen LogP contribution >= 0.6 is 0 Å². The van der Waals surface area contributed by atoms with Crippen molar-refractivity contribution < 1.29 is 35.8 Å². The van der Waals surface area contributed by atoms with Gasteiger partial charge in [-0.05, 0) is 37.1 Å². The number of ether oxygens (including phenoxy) is 2. The zero-order chi connectivity index (χ0) is 40.1. The van der Waals surface area contributed by atoms with Gasteiger partial charge in [0.1, 0.15) is 17.9 Å². The smallest absolute Gasteiger partial charge is 0.338 e. The third-order valence-corrected chi connectivity index (χ3v) is 9.88. The lowest BCUT2D eigenvalue weighted by Gasteiger charge is -2.14. The van der Waals surface area contributed by atoms with Crippen LogP contribution in [0.2, 0.25) is 0 Å². The second-order valence-electron chi connectivity index (χ2n) is 13.5. The van der Waals surface area contributed by atoms with Crippen molar-refractivity contribution >= 4 is 40.0 Å². The summed E-state index contributed by atoms with van der Waals surface area (Å²) < 4.78 is 46.6. The molecule has 0 spiro atoms. The van der Waals surface area contributed by atoms with Gasteiger partial charge in [-0.3, -0.25) is 0 Å². The first kappa shape index (κ1) is 47.2. The molecule has 0 aromatic heterocycles. The molecule has 0 saturated heterocycles. The molecule has 0 aliphatic carbocycles. The number of nitriles is 2. The van der Waals surface area contributed by atoms with Crippen molar-refractivity contribution in [2.45, 2.75) is 142 Å². The van der Waals surface area contributed by atoms with Crippen LogP contribution in [0.3, 0.4) is 0 Å². The average molecular weight is 801 g/mol. The van der Waals surface area contributed by atoms with E-state index < -0.39 is 34.3 Å². The quantitative estimate of drug-likeness (QED) is 0.0421. The number of carbonyl (C=O) groups excluding carboxylic acids is 2. The highest BCUT2D eigenvalue weighted by Crippen LogP contribution is 2.29. The fourth-order valence-corrected chi connectivity index (χ4v) is 6.72. The van der Waals surface area contributed by atoms with E-state index >= 15 is 0 Å². The fraction of sp³-hybridized carbons (Fsp3) is 0.610. The molecule has 0 fully saturated rings. The third kappa shape index (κ3) is 20.5. The summed E-state index contributed by atoms with van der Waals surface area (Å²) in [7, 11) is 0. The Kier molecular flexibility index (Phi) is 25.2. The largest absolute Gasteiger partial charge is 0.462 e. The van der Waals surface area contributed by atoms with Gasteiger partial charge in [0.15, 0.2) is 5.75 Å². The predicted molar refractivity (Wildman–Crippen MR) is 217 cm³/mol. The van der Waals surface area contributed by atoms with Gasteiger partial charge in [0.2, 0.25) is 11.1 Å². The van der Waals surface area contributed by atoms with Gasteiger partial charge in [-0.1, -0.05) is 129 Å². The normalized spacial score (nSPS) is 11.9. The summed E-state index contributed by atoms with van der Waals surface area (Å²) in [6, 6.07) is 10.3. The highest BCUT2D eigenvalue weighted by Gasteiger charge is 2.18. The Bertz CT molecular complexity index is 1530. The maximum absolute atomic E-state index is 13.1. The minimum absolute atomic E-state index is 0.00212. The van der Waals surface area contributed by atoms with Crippen LogP contribution in [0.1, 0.15) is 174 Å². The first-order chi connectivity index (χ1) is 26.7. The molecule has 0 amide bonds. The maximum Gasteiger partial charge on any atom is 0.338 e. The molecule has 0 aliphatic heterocycles. The highest BCUT2D eigenvalue weighted by molar-refractivity contribution is 7.79. The standard InChI is InChI=1S/C41H60N4O8S2/c1-4-6-8-10-12-14-16-18-20-22-24-50-40(46)33-26-34(41(47)51-25-23-21-19-17-15-13-11-9-7-5-2)28-37(27-33)52-55(49)45-44-38-29-35(31-42)36(32-43)30-39(38)53-54(3)48/h26-30,44-45H,4-25H2,1-3H3. The molecule has 0 radical (unpaired) electrons. The number of carbonyl (C=O) groups is 2. The maximum atomic E-state index is 13.1. The molecule has 14 heteroatoms. The van der Waals surface area contributed by atoms with Crippen molar-refractivity contribution in [3.63, 3.8) is 0 Å². The van der Waals surface area contributed by atoms with Gasteiger partial charge in [0.05, 0.1) is 41.2 Å². The van der Waals surface area contributed by atoms with Crippen molar-refractivity contribution in [3.05, 3.63) is 52.6 Å². The summed E-state index contributed by atoms with van der Waals surface area (Å²) in [5.41, 5.74) is 2.71. The Morgan fingerprint density at radius 2 is 1.02 bits per heavy atom. The summed E-state index contributed by atoms with van der Waals surface area (Å²) in [6.07, 6.45) is 24.2. The monoisotopic (exact) mass is 800 g/mol. The molecule has 2 N–H and O–H groups in total. The van der Waals surface area contributed by atoms with Crippen LogP contribution in [0.4, 0.5) is 5.69 Å². The average Bonchev–Trinajstić information content (AvgIpc) is 3.17. The lowest BCUT2D eigenvalue weighted by Crippen LogP contribution is -2.28. The number of nitrogens with zero attached hydrogens (tertiary/aromatic N) is 2. The topological polar surface area (TPSA) is 177 Å². The molecule has 2 unspecified atom stereocenters. The molecular weight excluding hydrogens is 741 g/mol. The number of benzene rings is 2. The van der Waals surface area contributed by atoms with Crippen LogP contribution in [-0.2, 0) is 31.8 Å². The fourth-order valence-electron chi connectivity index (χ4n) is 5.82. The van der Waals surface area contributed by atoms with E-state index in [1.54, 1.807) is 0 Å². The number of esters is 2. The highest BCUT2D eigenvalue weighted by atomic mass is 32.2. The van der Waals surface area contributed by atoms with Gasteiger partial charge in [-0.25, -0.2) is 13.8 Å². The Balaban J connectivity index is 2.03. The van der Waals surface area contributed by atoms with Crippen LogP contribution < -0.4 is 18.6 Å². The van der Waals surface area contributed by atoms with Crippen molar-refractivity contribution in [2.75, 3.05) is 24.9 Å². The molecule has 0 bridgehead atoms. The number of unbranched alkanes of at least 4 members (excludes halogenated alkanes) is 18. The second kappa shape index (κ2) is 29.3. The first-order valence-corrected chi connectivity index (χ1v) is 22.4. The SMILES string of the molecule is CCCCCCCCCCCCOC(=O)c1cc(OS(=O)NNc2cc(C#N)c(C#N)cc2OS(C)=O)cc(C(=O)OCCCCCCCCCCCC)c1. The zero-order valence-corrected chi connectivity index (χ0v) is 34.6. The summed E-state index contributed by atoms with van der Waals surface area (Å²) in [5, 5.41) is 18.8. The summed E-state index contributed by atoms with van der Waals surface area (Å²) in [5.74, 6) is -1.42. The van der Waals surface area contributed by atoms with Crippen LogP contribution in [0.15, 0.2) is 30.3 Å². The molecule has 2 aromatic carbocycles.